The van der Waals surface area contributed by atoms with Crippen molar-refractivity contribution in [1.82, 2.24) is 0 Å². The molecule has 3 N–H and O–H groups in total. The average molecular weight is 413 g/mol. The van der Waals surface area contributed by atoms with E-state index < -0.39 is 0 Å². The van der Waals surface area contributed by atoms with Crippen molar-refractivity contribution in [3.63, 3.8) is 0 Å². The lowest BCUT2D eigenvalue weighted by atomic mass is 9.65. The maximum Gasteiger partial charge on any atom is 0.315 e. The van der Waals surface area contributed by atoms with E-state index in [2.05, 4.69) is 10.1 Å². The van der Waals surface area contributed by atoms with Gasteiger partial charge >= 0.3 is 5.97 Å². The van der Waals surface area contributed by atoms with E-state index in [9.17, 15) is 9.59 Å². The van der Waals surface area contributed by atoms with Gasteiger partial charge in [-0.15, -0.1) is 24.2 Å². The Morgan fingerprint density at radius 3 is 2.63 bits per heavy atom. The summed E-state index contributed by atoms with van der Waals surface area (Å²) in [6.07, 6.45) is 5.40. The first-order valence-corrected chi connectivity index (χ1v) is 10.5. The number of rotatable bonds is 6. The highest BCUT2D eigenvalue weighted by Crippen LogP contribution is 2.42. The summed E-state index contributed by atoms with van der Waals surface area (Å²) in [6.45, 7) is 0. The fourth-order valence-corrected chi connectivity index (χ4v) is 5.10. The lowest BCUT2D eigenvalue weighted by Gasteiger charge is -2.43. The minimum Gasteiger partial charge on any atom is -0.468 e. The van der Waals surface area contributed by atoms with Crippen LogP contribution in [-0.2, 0) is 20.1 Å². The summed E-state index contributed by atoms with van der Waals surface area (Å²) in [4.78, 5) is 23.9. The van der Waals surface area contributed by atoms with Crippen LogP contribution in [0.1, 0.15) is 37.7 Å². The highest BCUT2D eigenvalue weighted by Gasteiger charge is 2.40. The van der Waals surface area contributed by atoms with E-state index in [1.54, 1.807) is 0 Å². The van der Waals surface area contributed by atoms with Gasteiger partial charge in [-0.3, -0.25) is 9.59 Å². The topological polar surface area (TPSA) is 81.4 Å². The molecule has 2 fully saturated rings. The summed E-state index contributed by atoms with van der Waals surface area (Å²) in [6, 6.07) is 8.13. The number of nitrogens with one attached hydrogen (secondary N) is 1. The van der Waals surface area contributed by atoms with E-state index >= 15 is 0 Å². The van der Waals surface area contributed by atoms with Crippen molar-refractivity contribution in [1.29, 1.82) is 0 Å². The molecule has 1 amide bonds. The third-order valence-corrected chi connectivity index (χ3v) is 6.67. The van der Waals surface area contributed by atoms with Crippen molar-refractivity contribution in [2.45, 2.75) is 43.9 Å². The molecular weight excluding hydrogens is 384 g/mol. The Labute approximate surface area is 171 Å². The molecule has 2 aliphatic rings. The van der Waals surface area contributed by atoms with Gasteiger partial charge < -0.3 is 15.8 Å². The van der Waals surface area contributed by atoms with E-state index in [1.165, 1.54) is 25.3 Å². The van der Waals surface area contributed by atoms with Crippen LogP contribution in [0.2, 0.25) is 0 Å². The Balaban J connectivity index is 0.00000261. The Morgan fingerprint density at radius 2 is 1.96 bits per heavy atom. The van der Waals surface area contributed by atoms with Crippen LogP contribution in [-0.4, -0.2) is 30.8 Å². The number of fused-ring (bicyclic) bond motifs is 2. The Kier molecular flexibility index (Phi) is 8.45. The third-order valence-electron chi connectivity index (χ3n) is 5.69. The molecule has 0 aliphatic heterocycles. The average Bonchev–Trinajstić information content (AvgIpc) is 2.61. The van der Waals surface area contributed by atoms with Crippen LogP contribution in [0.15, 0.2) is 24.3 Å². The van der Waals surface area contributed by atoms with Gasteiger partial charge in [-0.2, -0.15) is 0 Å². The molecule has 5 nitrogen and oxygen atoms in total. The Morgan fingerprint density at radius 1 is 1.26 bits per heavy atom. The van der Waals surface area contributed by atoms with Gasteiger partial charge in [0.25, 0.3) is 0 Å². The molecule has 2 unspecified atom stereocenters. The first-order valence-electron chi connectivity index (χ1n) is 9.36. The van der Waals surface area contributed by atoms with Crippen molar-refractivity contribution >= 4 is 41.7 Å². The molecule has 0 radical (unpaired) electrons. The number of hydrogen-bond acceptors (Lipinski definition) is 5. The minimum absolute atomic E-state index is 0. The number of thioether (sulfide) groups is 1. The van der Waals surface area contributed by atoms with Crippen LogP contribution >= 0.6 is 24.2 Å². The molecule has 150 valence electrons. The van der Waals surface area contributed by atoms with Crippen LogP contribution in [0.4, 0.5) is 5.69 Å². The molecular formula is C20H29ClN2O3S. The first-order chi connectivity index (χ1) is 12.6. The summed E-state index contributed by atoms with van der Waals surface area (Å²) in [5.74, 6) is 2.01. The summed E-state index contributed by atoms with van der Waals surface area (Å²) < 4.78 is 4.64. The van der Waals surface area contributed by atoms with Crippen molar-refractivity contribution in [3.8, 4) is 0 Å². The standard InChI is InChI=1S/C20H28N2O3S.ClH/c1-25-18(23)12-26-11-13-4-2-7-17(8-13)22-20(24)16-9-14-5-3-6-15(10-16)19(14)21;/h2,4,7-8,14-16,19H,3,5-6,9-12,21H2,1H3,(H,22,24);1H. The van der Waals surface area contributed by atoms with Gasteiger partial charge in [-0.1, -0.05) is 18.6 Å². The van der Waals surface area contributed by atoms with Crippen molar-refractivity contribution in [3.05, 3.63) is 29.8 Å². The van der Waals surface area contributed by atoms with E-state index in [1.807, 2.05) is 24.3 Å². The summed E-state index contributed by atoms with van der Waals surface area (Å²) in [5.41, 5.74) is 8.24. The fraction of sp³-hybridized carbons (Fsp3) is 0.600. The number of amides is 1. The number of anilines is 1. The van der Waals surface area contributed by atoms with Gasteiger partial charge in [0.05, 0.1) is 12.9 Å². The Bertz CT molecular complexity index is 644. The number of methoxy groups -OCH3 is 1. The SMILES string of the molecule is COC(=O)CSCc1cccc(NC(=O)C2CC3CCCC(C2)C3N)c1.Cl. The second-order valence-electron chi connectivity index (χ2n) is 7.46. The van der Waals surface area contributed by atoms with Crippen LogP contribution in [0, 0.1) is 17.8 Å². The van der Waals surface area contributed by atoms with Crippen molar-refractivity contribution in [2.24, 2.45) is 23.5 Å². The lowest BCUT2D eigenvalue weighted by molar-refractivity contribution is -0.137. The highest BCUT2D eigenvalue weighted by molar-refractivity contribution is 7.99. The van der Waals surface area contributed by atoms with Gasteiger partial charge in [0, 0.05) is 23.4 Å². The van der Waals surface area contributed by atoms with Gasteiger partial charge in [0.1, 0.15) is 0 Å². The van der Waals surface area contributed by atoms with Crippen LogP contribution < -0.4 is 11.1 Å². The number of halogens is 1. The number of carbonyl (C=O) groups excluding carboxylic acids is 2. The molecule has 7 heteroatoms. The first kappa shape index (κ1) is 22.1. The van der Waals surface area contributed by atoms with Crippen LogP contribution in [0.25, 0.3) is 0 Å². The van der Waals surface area contributed by atoms with E-state index in [-0.39, 0.29) is 36.2 Å². The molecule has 27 heavy (non-hydrogen) atoms. The predicted octanol–water partition coefficient (Wildman–Crippen LogP) is 3.61. The van der Waals surface area contributed by atoms with Gasteiger partial charge in [0.2, 0.25) is 5.91 Å². The summed E-state index contributed by atoms with van der Waals surface area (Å²) in [5, 5.41) is 3.09. The molecule has 0 spiro atoms. The molecule has 0 aromatic heterocycles. The molecule has 1 aromatic rings. The molecule has 0 saturated heterocycles. The lowest BCUT2D eigenvalue weighted by Crippen LogP contribution is -2.48. The third kappa shape index (κ3) is 5.87. The van der Waals surface area contributed by atoms with Crippen molar-refractivity contribution < 1.29 is 14.3 Å². The number of nitrogens with two attached hydrogens (primary N) is 1. The largest absolute Gasteiger partial charge is 0.468 e. The zero-order valence-corrected chi connectivity index (χ0v) is 17.3. The molecule has 1 aromatic carbocycles. The fourth-order valence-electron chi connectivity index (χ4n) is 4.30. The highest BCUT2D eigenvalue weighted by atomic mass is 35.5. The molecule has 3 rings (SSSR count). The number of esters is 1. The second kappa shape index (κ2) is 10.3. The number of carbonyl (C=O) groups is 2. The molecule has 2 saturated carbocycles. The molecule has 2 bridgehead atoms. The zero-order valence-electron chi connectivity index (χ0n) is 15.7. The number of hydrogen-bond donors (Lipinski definition) is 2. The number of benzene rings is 1. The molecule has 2 aliphatic carbocycles. The number of ether oxygens (including phenoxy) is 1. The predicted molar refractivity (Wildman–Crippen MR) is 112 cm³/mol. The second-order valence-corrected chi connectivity index (χ2v) is 8.44. The van der Waals surface area contributed by atoms with Gasteiger partial charge in [0.15, 0.2) is 0 Å². The van der Waals surface area contributed by atoms with E-state index in [0.717, 1.165) is 36.9 Å². The Hall–Kier alpha value is -1.24. The van der Waals surface area contributed by atoms with Crippen LogP contribution in [0.5, 0.6) is 0 Å². The minimum atomic E-state index is -0.222. The molecule has 2 atom stereocenters. The van der Waals surface area contributed by atoms with E-state index in [4.69, 9.17) is 5.73 Å². The normalized spacial score (nSPS) is 26.6. The summed E-state index contributed by atoms with van der Waals surface area (Å²) >= 11 is 1.50. The quantitative estimate of drug-likeness (QED) is 0.697. The van der Waals surface area contributed by atoms with Gasteiger partial charge in [-0.25, -0.2) is 0 Å². The smallest absolute Gasteiger partial charge is 0.315 e. The summed E-state index contributed by atoms with van der Waals surface area (Å²) in [7, 11) is 1.39. The van der Waals surface area contributed by atoms with Crippen LogP contribution in [0.3, 0.4) is 0 Å². The maximum atomic E-state index is 12.7. The van der Waals surface area contributed by atoms with Gasteiger partial charge in [-0.05, 0) is 55.2 Å². The van der Waals surface area contributed by atoms with Crippen molar-refractivity contribution in [2.75, 3.05) is 18.2 Å². The molecule has 0 heterocycles. The van der Waals surface area contributed by atoms with E-state index in [0.29, 0.717) is 23.3 Å². The zero-order chi connectivity index (χ0) is 18.5. The monoisotopic (exact) mass is 412 g/mol. The maximum absolute atomic E-state index is 12.7.